The van der Waals surface area contributed by atoms with Gasteiger partial charge in [-0.15, -0.1) is 6.42 Å². The maximum Gasteiger partial charge on any atom is 0.163 e. The normalized spacial score (nSPS) is 20.9. The van der Waals surface area contributed by atoms with Crippen molar-refractivity contribution in [3.05, 3.63) is 28.2 Å². The van der Waals surface area contributed by atoms with Gasteiger partial charge in [0, 0.05) is 12.5 Å². The van der Waals surface area contributed by atoms with Gasteiger partial charge in [-0.25, -0.2) is 0 Å². The Bertz CT molecular complexity index is 436. The highest BCUT2D eigenvalue weighted by Gasteiger charge is 2.25. The molecular weight excluding hydrogens is 257 g/mol. The summed E-state index contributed by atoms with van der Waals surface area (Å²) in [6, 6.07) is 5.30. The number of terminal acetylenes is 1. The number of hydrogen-bond acceptors (Lipinski definition) is 2. The van der Waals surface area contributed by atoms with E-state index in [1.165, 1.54) is 0 Å². The first-order valence-electron chi connectivity index (χ1n) is 5.50. The second-order valence-corrected chi connectivity index (χ2v) is 4.80. The summed E-state index contributed by atoms with van der Waals surface area (Å²) >= 11 is 12.0. The number of nitrogens with one attached hydrogen (secondary N) is 1. The molecular formula is C13H13Cl2NO. The highest BCUT2D eigenvalue weighted by atomic mass is 35.5. The Morgan fingerprint density at radius 2 is 2.29 bits per heavy atom. The van der Waals surface area contributed by atoms with Gasteiger partial charge in [-0.05, 0) is 25.1 Å². The van der Waals surface area contributed by atoms with Gasteiger partial charge in [-0.1, -0.05) is 35.2 Å². The lowest BCUT2D eigenvalue weighted by molar-refractivity contribution is 0.197. The Balaban J connectivity index is 2.13. The van der Waals surface area contributed by atoms with E-state index in [0.717, 1.165) is 19.5 Å². The van der Waals surface area contributed by atoms with Gasteiger partial charge < -0.3 is 10.1 Å². The molecule has 0 aromatic heterocycles. The summed E-state index contributed by atoms with van der Waals surface area (Å²) < 4.78 is 5.77. The van der Waals surface area contributed by atoms with Crippen LogP contribution in [0.25, 0.3) is 0 Å². The summed E-state index contributed by atoms with van der Waals surface area (Å²) in [7, 11) is 0. The first-order chi connectivity index (χ1) is 8.22. The highest BCUT2D eigenvalue weighted by Crippen LogP contribution is 2.33. The minimum atomic E-state index is -0.263. The summed E-state index contributed by atoms with van der Waals surface area (Å²) in [5.41, 5.74) is 0. The standard InChI is InChI=1S/C13H13Cl2NO/c1-2-11(9-6-7-16-8-9)17-12-5-3-4-10(14)13(12)15/h1,3-5,9,11,16H,6-8H2/t9-,11?/m0/s1. The average molecular weight is 270 g/mol. The molecule has 1 aromatic rings. The second-order valence-electron chi connectivity index (χ2n) is 4.01. The molecule has 1 aromatic carbocycles. The third kappa shape index (κ3) is 2.87. The zero-order chi connectivity index (χ0) is 12.3. The lowest BCUT2D eigenvalue weighted by Crippen LogP contribution is -2.27. The van der Waals surface area contributed by atoms with Gasteiger partial charge in [0.05, 0.1) is 5.02 Å². The molecule has 1 fully saturated rings. The molecule has 1 heterocycles. The van der Waals surface area contributed by atoms with Crippen molar-refractivity contribution in [2.45, 2.75) is 12.5 Å². The van der Waals surface area contributed by atoms with Crippen LogP contribution in [0.2, 0.25) is 10.0 Å². The maximum atomic E-state index is 6.06. The fourth-order valence-corrected chi connectivity index (χ4v) is 2.25. The molecule has 1 aliphatic rings. The van der Waals surface area contributed by atoms with E-state index in [4.69, 9.17) is 34.4 Å². The second kappa shape index (κ2) is 5.64. The van der Waals surface area contributed by atoms with Crippen molar-refractivity contribution in [2.24, 2.45) is 5.92 Å². The summed E-state index contributed by atoms with van der Waals surface area (Å²) in [6.45, 7) is 1.86. The van der Waals surface area contributed by atoms with E-state index in [1.807, 2.05) is 0 Å². The number of rotatable bonds is 3. The van der Waals surface area contributed by atoms with Gasteiger partial charge in [0.1, 0.15) is 10.8 Å². The van der Waals surface area contributed by atoms with E-state index < -0.39 is 0 Å². The first-order valence-corrected chi connectivity index (χ1v) is 6.25. The van der Waals surface area contributed by atoms with Crippen molar-refractivity contribution in [1.29, 1.82) is 0 Å². The van der Waals surface area contributed by atoms with Crippen molar-refractivity contribution < 1.29 is 4.74 Å². The van der Waals surface area contributed by atoms with Crippen molar-refractivity contribution >= 4 is 23.2 Å². The van der Waals surface area contributed by atoms with Crippen molar-refractivity contribution in [1.82, 2.24) is 5.32 Å². The van der Waals surface area contributed by atoms with Crippen LogP contribution >= 0.6 is 23.2 Å². The van der Waals surface area contributed by atoms with Crippen LogP contribution in [-0.2, 0) is 0 Å². The molecule has 2 rings (SSSR count). The molecule has 1 saturated heterocycles. The molecule has 0 aliphatic carbocycles. The van der Waals surface area contributed by atoms with Crippen molar-refractivity contribution in [2.75, 3.05) is 13.1 Å². The minimum absolute atomic E-state index is 0.263. The summed E-state index contributed by atoms with van der Waals surface area (Å²) in [5.74, 6) is 3.55. The molecule has 1 unspecified atom stereocenters. The van der Waals surface area contributed by atoms with Gasteiger partial charge in [-0.2, -0.15) is 0 Å². The first kappa shape index (κ1) is 12.6. The summed E-state index contributed by atoms with van der Waals surface area (Å²) in [4.78, 5) is 0. The predicted molar refractivity (Wildman–Crippen MR) is 70.7 cm³/mol. The quantitative estimate of drug-likeness (QED) is 0.852. The molecule has 0 spiro atoms. The fourth-order valence-electron chi connectivity index (χ4n) is 1.91. The third-order valence-corrected chi connectivity index (χ3v) is 3.66. The molecule has 0 saturated carbocycles. The minimum Gasteiger partial charge on any atom is -0.476 e. The zero-order valence-electron chi connectivity index (χ0n) is 9.25. The van der Waals surface area contributed by atoms with Crippen LogP contribution < -0.4 is 10.1 Å². The Morgan fingerprint density at radius 3 is 2.94 bits per heavy atom. The molecule has 2 atom stereocenters. The van der Waals surface area contributed by atoms with E-state index in [1.54, 1.807) is 18.2 Å². The van der Waals surface area contributed by atoms with Gasteiger partial charge in [0.2, 0.25) is 0 Å². The maximum absolute atomic E-state index is 6.06. The van der Waals surface area contributed by atoms with Crippen molar-refractivity contribution in [3.63, 3.8) is 0 Å². The van der Waals surface area contributed by atoms with Crippen LogP contribution in [0.5, 0.6) is 5.75 Å². The van der Waals surface area contributed by atoms with Gasteiger partial charge in [-0.3, -0.25) is 0 Å². The van der Waals surface area contributed by atoms with Crippen LogP contribution in [-0.4, -0.2) is 19.2 Å². The van der Waals surface area contributed by atoms with Gasteiger partial charge in [0.25, 0.3) is 0 Å². The van der Waals surface area contributed by atoms with E-state index in [-0.39, 0.29) is 6.10 Å². The smallest absolute Gasteiger partial charge is 0.163 e. The average Bonchev–Trinajstić information content (AvgIpc) is 2.85. The highest BCUT2D eigenvalue weighted by molar-refractivity contribution is 6.42. The summed E-state index contributed by atoms with van der Waals surface area (Å²) in [5, 5.41) is 4.16. The molecule has 0 radical (unpaired) electrons. The molecule has 90 valence electrons. The Labute approximate surface area is 111 Å². The Morgan fingerprint density at radius 1 is 1.47 bits per heavy atom. The lowest BCUT2D eigenvalue weighted by Gasteiger charge is -2.20. The predicted octanol–water partition coefficient (Wildman–Crippen LogP) is 2.98. The number of hydrogen-bond donors (Lipinski definition) is 1. The zero-order valence-corrected chi connectivity index (χ0v) is 10.8. The van der Waals surface area contributed by atoms with Crippen LogP contribution in [0.3, 0.4) is 0 Å². The van der Waals surface area contributed by atoms with Gasteiger partial charge in [0.15, 0.2) is 6.10 Å². The Kier molecular flexibility index (Phi) is 4.17. The topological polar surface area (TPSA) is 21.3 Å². The summed E-state index contributed by atoms with van der Waals surface area (Å²) in [6.07, 6.45) is 6.27. The van der Waals surface area contributed by atoms with E-state index >= 15 is 0 Å². The monoisotopic (exact) mass is 269 g/mol. The lowest BCUT2D eigenvalue weighted by atomic mass is 10.0. The largest absolute Gasteiger partial charge is 0.476 e. The molecule has 17 heavy (non-hydrogen) atoms. The molecule has 4 heteroatoms. The van der Waals surface area contributed by atoms with Crippen LogP contribution in [0.15, 0.2) is 18.2 Å². The Hall–Kier alpha value is -0.880. The molecule has 2 nitrogen and oxygen atoms in total. The van der Waals surface area contributed by atoms with E-state index in [2.05, 4.69) is 11.2 Å². The SMILES string of the molecule is C#CC(Oc1cccc(Cl)c1Cl)[C@H]1CCNC1. The third-order valence-electron chi connectivity index (χ3n) is 2.86. The van der Waals surface area contributed by atoms with Crippen molar-refractivity contribution in [3.8, 4) is 18.1 Å². The molecule has 0 bridgehead atoms. The molecule has 1 aliphatic heterocycles. The van der Waals surface area contributed by atoms with E-state index in [0.29, 0.717) is 21.7 Å². The van der Waals surface area contributed by atoms with Crippen LogP contribution in [0.4, 0.5) is 0 Å². The van der Waals surface area contributed by atoms with E-state index in [9.17, 15) is 0 Å². The molecule has 1 N–H and O–H groups in total. The van der Waals surface area contributed by atoms with Gasteiger partial charge >= 0.3 is 0 Å². The number of halogens is 2. The van der Waals surface area contributed by atoms with Crippen LogP contribution in [0.1, 0.15) is 6.42 Å². The number of ether oxygens (including phenoxy) is 1. The number of benzene rings is 1. The fraction of sp³-hybridized carbons (Fsp3) is 0.385. The van der Waals surface area contributed by atoms with Crippen LogP contribution in [0, 0.1) is 18.3 Å². The molecule has 0 amide bonds.